The van der Waals surface area contributed by atoms with E-state index in [2.05, 4.69) is 43.5 Å². The molecule has 3 N–H and O–H groups in total. The highest BCUT2D eigenvalue weighted by atomic mass is 16.5. The van der Waals surface area contributed by atoms with Gasteiger partial charge in [0.2, 0.25) is 5.91 Å². The molecule has 87 heavy (non-hydrogen) atoms. The third-order valence-electron chi connectivity index (χ3n) is 18.7. The molecule has 2 atom stereocenters. The monoisotopic (exact) mass is 1220 g/mol. The molecule has 0 aliphatic carbocycles. The average molecular weight is 1220 g/mol. The SMILES string of the molecule is CCCCCCCCCCCCCCCCCCCCC/C=C/C(O)C(CO)NC(=O)CCCCCCCCCCCCCCCCCCC/C=C\C/C=C\CCCCCCCCCCCCCOC(=O)CCCCCCCCCCCCCCCC. The number of aliphatic hydroxyl groups is 2. The molecule has 6 heteroatoms. The molecule has 6 nitrogen and oxygen atoms in total. The first-order valence-electron chi connectivity index (χ1n) is 39.8. The minimum atomic E-state index is -0.844. The molecule has 0 aromatic carbocycles. The number of amides is 1. The smallest absolute Gasteiger partial charge is 0.305 e. The van der Waals surface area contributed by atoms with Crippen LogP contribution >= 0.6 is 0 Å². The molecular formula is C81H155NO5. The summed E-state index contributed by atoms with van der Waals surface area (Å²) in [6.07, 6.45) is 99.8. The second-order valence-electron chi connectivity index (χ2n) is 27.4. The van der Waals surface area contributed by atoms with Gasteiger partial charge in [-0.2, -0.15) is 0 Å². The first-order chi connectivity index (χ1) is 43.0. The molecule has 0 aromatic heterocycles. The molecule has 0 heterocycles. The molecule has 2 unspecified atom stereocenters. The van der Waals surface area contributed by atoms with Gasteiger partial charge < -0.3 is 20.3 Å². The van der Waals surface area contributed by atoms with E-state index in [9.17, 15) is 19.8 Å². The molecule has 0 saturated carbocycles. The number of carbonyl (C=O) groups is 2. The summed E-state index contributed by atoms with van der Waals surface area (Å²) < 4.78 is 5.50. The molecule has 0 saturated heterocycles. The van der Waals surface area contributed by atoms with Crippen LogP contribution in [0.2, 0.25) is 0 Å². The van der Waals surface area contributed by atoms with Gasteiger partial charge in [0.15, 0.2) is 0 Å². The zero-order valence-electron chi connectivity index (χ0n) is 59.0. The van der Waals surface area contributed by atoms with Crippen molar-refractivity contribution >= 4 is 11.9 Å². The van der Waals surface area contributed by atoms with Crippen LogP contribution in [0.1, 0.15) is 444 Å². The van der Waals surface area contributed by atoms with Crippen LogP contribution in [0.4, 0.5) is 0 Å². The Bertz CT molecular complexity index is 1410. The van der Waals surface area contributed by atoms with Crippen molar-refractivity contribution in [2.45, 2.75) is 456 Å². The van der Waals surface area contributed by atoms with Crippen LogP contribution in [0, 0.1) is 0 Å². The summed E-state index contributed by atoms with van der Waals surface area (Å²) in [7, 11) is 0. The summed E-state index contributed by atoms with van der Waals surface area (Å²) in [4.78, 5) is 24.6. The normalized spacial score (nSPS) is 12.6. The predicted molar refractivity (Wildman–Crippen MR) is 384 cm³/mol. The van der Waals surface area contributed by atoms with Crippen molar-refractivity contribution < 1.29 is 24.5 Å². The number of allylic oxidation sites excluding steroid dienone is 5. The van der Waals surface area contributed by atoms with Crippen molar-refractivity contribution in [3.05, 3.63) is 36.5 Å². The van der Waals surface area contributed by atoms with E-state index in [-0.39, 0.29) is 18.5 Å². The second-order valence-corrected chi connectivity index (χ2v) is 27.4. The number of hydrogen-bond acceptors (Lipinski definition) is 5. The van der Waals surface area contributed by atoms with Gasteiger partial charge in [-0.1, -0.05) is 403 Å². The van der Waals surface area contributed by atoms with E-state index in [1.54, 1.807) is 6.08 Å². The molecular weight excluding hydrogens is 1070 g/mol. The number of aliphatic hydroxyl groups excluding tert-OH is 2. The number of hydrogen-bond donors (Lipinski definition) is 3. The summed E-state index contributed by atoms with van der Waals surface area (Å²) in [6, 6.07) is -0.627. The van der Waals surface area contributed by atoms with E-state index in [4.69, 9.17) is 4.74 Å². The molecule has 0 rings (SSSR count). The molecule has 0 aliphatic heterocycles. The summed E-state index contributed by atoms with van der Waals surface area (Å²) in [5.74, 6) is -0.0416. The zero-order chi connectivity index (χ0) is 62.8. The standard InChI is InChI=1S/C81H155NO5/c1-3-5-7-9-11-13-15-17-19-20-21-37-40-43-46-49-53-57-61-65-69-73-79(84)78(77-83)82-80(85)74-70-66-62-58-54-50-47-44-41-38-35-33-31-29-27-25-23-22-24-26-28-30-32-34-36-39-42-45-48-52-56-60-64-68-72-76-87-81(86)75-71-67-63-59-55-51-18-16-14-12-10-8-6-4-2/h24,26,30,32,69,73,78-79,83-84H,3-23,25,27-29,31,33-68,70-72,74-77H2,1-2H3,(H,82,85)/b26-24-,32-30-,73-69+. The van der Waals surface area contributed by atoms with Crippen LogP contribution in [0.25, 0.3) is 0 Å². The largest absolute Gasteiger partial charge is 0.466 e. The van der Waals surface area contributed by atoms with Gasteiger partial charge in [-0.3, -0.25) is 9.59 Å². The van der Waals surface area contributed by atoms with Gasteiger partial charge >= 0.3 is 5.97 Å². The maximum Gasteiger partial charge on any atom is 0.305 e. The summed E-state index contributed by atoms with van der Waals surface area (Å²) in [5.41, 5.74) is 0. The number of rotatable bonds is 75. The predicted octanol–water partition coefficient (Wildman–Crippen LogP) is 26.2. The first-order valence-corrected chi connectivity index (χ1v) is 39.8. The minimum Gasteiger partial charge on any atom is -0.466 e. The van der Waals surface area contributed by atoms with Gasteiger partial charge in [0, 0.05) is 12.8 Å². The van der Waals surface area contributed by atoms with Crippen LogP contribution in [0.15, 0.2) is 36.5 Å². The van der Waals surface area contributed by atoms with E-state index in [0.717, 1.165) is 44.9 Å². The first kappa shape index (κ1) is 85.1. The highest BCUT2D eigenvalue weighted by Gasteiger charge is 2.18. The van der Waals surface area contributed by atoms with Crippen LogP contribution in [-0.2, 0) is 14.3 Å². The van der Waals surface area contributed by atoms with Crippen molar-refractivity contribution in [3.63, 3.8) is 0 Å². The Morgan fingerprint density at radius 1 is 0.322 bits per heavy atom. The Hall–Kier alpha value is -1.92. The van der Waals surface area contributed by atoms with Crippen LogP contribution in [0.5, 0.6) is 0 Å². The second kappa shape index (κ2) is 76.5. The number of esters is 1. The molecule has 514 valence electrons. The van der Waals surface area contributed by atoms with E-state index < -0.39 is 12.1 Å². The highest BCUT2D eigenvalue weighted by Crippen LogP contribution is 2.20. The van der Waals surface area contributed by atoms with Gasteiger partial charge in [-0.05, 0) is 64.2 Å². The van der Waals surface area contributed by atoms with E-state index >= 15 is 0 Å². The molecule has 0 spiro atoms. The Labute approximate surface area is 544 Å². The summed E-state index contributed by atoms with van der Waals surface area (Å²) in [6.45, 7) is 4.95. The topological polar surface area (TPSA) is 95.9 Å². The quantitative estimate of drug-likeness (QED) is 0.0320. The number of unbranched alkanes of at least 4 members (excludes halogenated alkanes) is 60. The molecule has 0 radical (unpaired) electrons. The molecule has 0 aromatic rings. The minimum absolute atomic E-state index is 0.0195. The maximum absolute atomic E-state index is 12.5. The Balaban J connectivity index is 3.39. The molecule has 1 amide bonds. The van der Waals surface area contributed by atoms with Crippen LogP contribution in [-0.4, -0.2) is 47.4 Å². The van der Waals surface area contributed by atoms with Crippen LogP contribution < -0.4 is 5.32 Å². The van der Waals surface area contributed by atoms with E-state index in [1.165, 1.54) is 372 Å². The Morgan fingerprint density at radius 3 is 0.874 bits per heavy atom. The van der Waals surface area contributed by atoms with Gasteiger partial charge in [0.05, 0.1) is 25.4 Å². The third kappa shape index (κ3) is 73.0. The third-order valence-corrected chi connectivity index (χ3v) is 18.7. The van der Waals surface area contributed by atoms with Crippen molar-refractivity contribution in [2.24, 2.45) is 0 Å². The van der Waals surface area contributed by atoms with E-state index in [0.29, 0.717) is 19.4 Å². The lowest BCUT2D eigenvalue weighted by atomic mass is 10.0. The fraction of sp³-hybridized carbons (Fsp3) is 0.901. The van der Waals surface area contributed by atoms with E-state index in [1.807, 2.05) is 6.08 Å². The van der Waals surface area contributed by atoms with Crippen LogP contribution in [0.3, 0.4) is 0 Å². The van der Waals surface area contributed by atoms with Gasteiger partial charge in [-0.15, -0.1) is 0 Å². The Morgan fingerprint density at radius 2 is 0.575 bits per heavy atom. The molecule has 0 fully saturated rings. The summed E-state index contributed by atoms with van der Waals surface area (Å²) in [5, 5.41) is 23.3. The number of carbonyl (C=O) groups excluding carboxylic acids is 2. The van der Waals surface area contributed by atoms with Crippen molar-refractivity contribution in [1.29, 1.82) is 0 Å². The lowest BCUT2D eigenvalue weighted by molar-refractivity contribution is -0.143. The van der Waals surface area contributed by atoms with Crippen molar-refractivity contribution in [2.75, 3.05) is 13.2 Å². The van der Waals surface area contributed by atoms with Gasteiger partial charge in [0.25, 0.3) is 0 Å². The lowest BCUT2D eigenvalue weighted by Gasteiger charge is -2.20. The molecule has 0 bridgehead atoms. The summed E-state index contributed by atoms with van der Waals surface area (Å²) >= 11 is 0. The Kier molecular flexibility index (Phi) is 74.8. The van der Waals surface area contributed by atoms with Crippen molar-refractivity contribution in [1.82, 2.24) is 5.32 Å². The van der Waals surface area contributed by atoms with Crippen molar-refractivity contribution in [3.8, 4) is 0 Å². The average Bonchev–Trinajstić information content (AvgIpc) is 3.53. The van der Waals surface area contributed by atoms with Gasteiger partial charge in [-0.25, -0.2) is 0 Å². The highest BCUT2D eigenvalue weighted by molar-refractivity contribution is 5.76. The molecule has 0 aliphatic rings. The maximum atomic E-state index is 12.5. The number of ether oxygens (including phenoxy) is 1. The lowest BCUT2D eigenvalue weighted by Crippen LogP contribution is -2.45. The number of nitrogens with one attached hydrogen (secondary N) is 1. The zero-order valence-corrected chi connectivity index (χ0v) is 59.0. The fourth-order valence-electron chi connectivity index (χ4n) is 12.6. The fourth-order valence-corrected chi connectivity index (χ4v) is 12.6. The van der Waals surface area contributed by atoms with Gasteiger partial charge in [0.1, 0.15) is 0 Å².